The minimum atomic E-state index is 0.0107. The lowest BCUT2D eigenvalue weighted by Gasteiger charge is -2.34. The fourth-order valence-corrected chi connectivity index (χ4v) is 2.98. The lowest BCUT2D eigenvalue weighted by molar-refractivity contribution is 0.0649. The Morgan fingerprint density at radius 3 is 2.48 bits per heavy atom. The van der Waals surface area contributed by atoms with E-state index in [1.165, 1.54) is 5.56 Å². The molecule has 0 saturated carbocycles. The summed E-state index contributed by atoms with van der Waals surface area (Å²) in [5, 5.41) is 3.12. The van der Waals surface area contributed by atoms with Gasteiger partial charge < -0.3 is 10.2 Å². The van der Waals surface area contributed by atoms with Gasteiger partial charge in [-0.05, 0) is 12.0 Å². The Balaban J connectivity index is 1.45. The Morgan fingerprint density at radius 1 is 1.11 bits per heavy atom. The second-order valence-electron chi connectivity index (χ2n) is 6.63. The summed E-state index contributed by atoms with van der Waals surface area (Å²) in [7, 11) is 0. The van der Waals surface area contributed by atoms with Crippen LogP contribution in [0.2, 0.25) is 0 Å². The molecule has 1 aliphatic heterocycles. The van der Waals surface area contributed by atoms with E-state index in [-0.39, 0.29) is 5.91 Å². The van der Waals surface area contributed by atoms with Gasteiger partial charge in [0.15, 0.2) is 0 Å². The van der Waals surface area contributed by atoms with E-state index >= 15 is 0 Å². The number of hydrogen-bond acceptors (Lipinski definition) is 5. The van der Waals surface area contributed by atoms with Gasteiger partial charge in [-0.3, -0.25) is 9.69 Å². The third kappa shape index (κ3) is 5.62. The van der Waals surface area contributed by atoms with Crippen LogP contribution in [0.25, 0.3) is 6.08 Å². The summed E-state index contributed by atoms with van der Waals surface area (Å²) in [4.78, 5) is 25.3. The largest absolute Gasteiger partial charge is 0.354 e. The second kappa shape index (κ2) is 9.83. The average Bonchev–Trinajstić information content (AvgIpc) is 2.73. The zero-order valence-corrected chi connectivity index (χ0v) is 15.8. The van der Waals surface area contributed by atoms with E-state index in [0.29, 0.717) is 11.5 Å². The molecule has 27 heavy (non-hydrogen) atoms. The summed E-state index contributed by atoms with van der Waals surface area (Å²) in [6, 6.07) is 10.3. The van der Waals surface area contributed by atoms with E-state index in [4.69, 9.17) is 0 Å². The SMILES string of the molecule is CCCNc1ncc(C(=O)N2CCN(C/C=C/c3ccccc3)CC2)cn1. The zero-order chi connectivity index (χ0) is 18.9. The molecule has 0 radical (unpaired) electrons. The monoisotopic (exact) mass is 365 g/mol. The summed E-state index contributed by atoms with van der Waals surface area (Å²) in [5.74, 6) is 0.583. The third-order valence-electron chi connectivity index (χ3n) is 4.56. The molecule has 1 aromatic heterocycles. The Hall–Kier alpha value is -2.73. The number of hydrogen-bond donors (Lipinski definition) is 1. The van der Waals surface area contributed by atoms with Crippen LogP contribution in [0.5, 0.6) is 0 Å². The van der Waals surface area contributed by atoms with Crippen molar-refractivity contribution in [2.45, 2.75) is 13.3 Å². The van der Waals surface area contributed by atoms with Crippen molar-refractivity contribution >= 4 is 17.9 Å². The minimum absolute atomic E-state index is 0.0107. The number of nitrogens with one attached hydrogen (secondary N) is 1. The molecule has 2 aromatic rings. The summed E-state index contributed by atoms with van der Waals surface area (Å²) >= 11 is 0. The molecule has 1 N–H and O–H groups in total. The van der Waals surface area contributed by atoms with Crippen molar-refractivity contribution in [3.05, 3.63) is 59.9 Å². The molecule has 2 heterocycles. The molecule has 1 saturated heterocycles. The van der Waals surface area contributed by atoms with Crippen molar-refractivity contribution in [1.29, 1.82) is 0 Å². The first kappa shape index (κ1) is 19.0. The Kier molecular flexibility index (Phi) is 6.93. The third-order valence-corrected chi connectivity index (χ3v) is 4.56. The number of nitrogens with zero attached hydrogens (tertiary/aromatic N) is 4. The van der Waals surface area contributed by atoms with E-state index in [1.54, 1.807) is 12.4 Å². The molecule has 1 amide bonds. The molecule has 0 atom stereocenters. The van der Waals surface area contributed by atoms with Crippen molar-refractivity contribution < 1.29 is 4.79 Å². The van der Waals surface area contributed by atoms with Crippen LogP contribution in [0, 0.1) is 0 Å². The van der Waals surface area contributed by atoms with E-state index in [1.807, 2.05) is 23.1 Å². The first-order valence-corrected chi connectivity index (χ1v) is 9.55. The second-order valence-corrected chi connectivity index (χ2v) is 6.63. The summed E-state index contributed by atoms with van der Waals surface area (Å²) in [6.07, 6.45) is 8.56. The van der Waals surface area contributed by atoms with Gasteiger partial charge in [0.25, 0.3) is 5.91 Å². The number of benzene rings is 1. The van der Waals surface area contributed by atoms with E-state index in [9.17, 15) is 4.79 Å². The maximum absolute atomic E-state index is 12.6. The standard InChI is InChI=1S/C21H27N5O/c1-2-10-22-21-23-16-19(17-24-21)20(27)26-14-12-25(13-15-26)11-6-9-18-7-4-3-5-8-18/h3-9,16-17H,2,10-15H2,1H3,(H,22,23,24)/b9-6+. The van der Waals surface area contributed by atoms with Crippen LogP contribution < -0.4 is 5.32 Å². The minimum Gasteiger partial charge on any atom is -0.354 e. The van der Waals surface area contributed by atoms with E-state index in [0.717, 1.165) is 45.7 Å². The van der Waals surface area contributed by atoms with Crippen molar-refractivity contribution in [3.8, 4) is 0 Å². The van der Waals surface area contributed by atoms with Gasteiger partial charge in [-0.1, -0.05) is 49.4 Å². The Bertz CT molecular complexity index is 737. The van der Waals surface area contributed by atoms with Gasteiger partial charge in [0.1, 0.15) is 0 Å². The normalized spacial score (nSPS) is 15.2. The van der Waals surface area contributed by atoms with Crippen molar-refractivity contribution in [2.24, 2.45) is 0 Å². The van der Waals surface area contributed by atoms with Crippen molar-refractivity contribution in [2.75, 3.05) is 44.6 Å². The average molecular weight is 365 g/mol. The highest BCUT2D eigenvalue weighted by Gasteiger charge is 2.22. The van der Waals surface area contributed by atoms with Crippen LogP contribution in [-0.4, -0.2) is 64.9 Å². The fraction of sp³-hybridized carbons (Fsp3) is 0.381. The summed E-state index contributed by atoms with van der Waals surface area (Å²) in [6.45, 7) is 7.03. The number of piperazine rings is 1. The molecule has 1 aliphatic rings. The highest BCUT2D eigenvalue weighted by Crippen LogP contribution is 2.09. The quantitative estimate of drug-likeness (QED) is 0.817. The zero-order valence-electron chi connectivity index (χ0n) is 15.8. The van der Waals surface area contributed by atoms with Gasteiger partial charge in [0.05, 0.1) is 5.56 Å². The molecule has 0 aliphatic carbocycles. The predicted molar refractivity (Wildman–Crippen MR) is 109 cm³/mol. The lowest BCUT2D eigenvalue weighted by Crippen LogP contribution is -2.48. The van der Waals surface area contributed by atoms with E-state index < -0.39 is 0 Å². The molecular weight excluding hydrogens is 338 g/mol. The highest BCUT2D eigenvalue weighted by molar-refractivity contribution is 5.93. The summed E-state index contributed by atoms with van der Waals surface area (Å²) < 4.78 is 0. The van der Waals surface area contributed by atoms with Crippen LogP contribution in [0.4, 0.5) is 5.95 Å². The lowest BCUT2D eigenvalue weighted by atomic mass is 10.2. The number of carbonyl (C=O) groups is 1. The molecule has 6 heteroatoms. The van der Waals surface area contributed by atoms with Gasteiger partial charge in [-0.2, -0.15) is 0 Å². The predicted octanol–water partition coefficient (Wildman–Crippen LogP) is 2.77. The number of amides is 1. The molecule has 1 aromatic carbocycles. The molecular formula is C21H27N5O. The topological polar surface area (TPSA) is 61.4 Å². The van der Waals surface area contributed by atoms with Gasteiger partial charge in [0.2, 0.25) is 5.95 Å². The van der Waals surface area contributed by atoms with Crippen LogP contribution in [-0.2, 0) is 0 Å². The first-order valence-electron chi connectivity index (χ1n) is 9.55. The van der Waals surface area contributed by atoms with Crippen LogP contribution in [0.3, 0.4) is 0 Å². The molecule has 0 bridgehead atoms. The Labute approximate surface area is 160 Å². The Morgan fingerprint density at radius 2 is 1.81 bits per heavy atom. The first-order chi connectivity index (χ1) is 13.3. The number of aromatic nitrogens is 2. The molecule has 6 nitrogen and oxygen atoms in total. The maximum atomic E-state index is 12.6. The number of carbonyl (C=O) groups excluding carboxylic acids is 1. The van der Waals surface area contributed by atoms with Crippen LogP contribution in [0.15, 0.2) is 48.8 Å². The van der Waals surface area contributed by atoms with E-state index in [2.05, 4.69) is 51.4 Å². The van der Waals surface area contributed by atoms with Gasteiger partial charge in [-0.25, -0.2) is 9.97 Å². The summed E-state index contributed by atoms with van der Waals surface area (Å²) in [5.41, 5.74) is 1.76. The van der Waals surface area contributed by atoms with Gasteiger partial charge >= 0.3 is 0 Å². The fourth-order valence-electron chi connectivity index (χ4n) is 2.98. The van der Waals surface area contributed by atoms with Gasteiger partial charge in [-0.15, -0.1) is 0 Å². The molecule has 142 valence electrons. The van der Waals surface area contributed by atoms with Crippen LogP contribution >= 0.6 is 0 Å². The molecule has 0 unspecified atom stereocenters. The van der Waals surface area contributed by atoms with Crippen molar-refractivity contribution in [3.63, 3.8) is 0 Å². The molecule has 0 spiro atoms. The number of rotatable bonds is 7. The maximum Gasteiger partial charge on any atom is 0.257 e. The smallest absolute Gasteiger partial charge is 0.257 e. The molecule has 1 fully saturated rings. The highest BCUT2D eigenvalue weighted by atomic mass is 16.2. The van der Waals surface area contributed by atoms with Crippen LogP contribution in [0.1, 0.15) is 29.3 Å². The van der Waals surface area contributed by atoms with Gasteiger partial charge in [0, 0.05) is 51.7 Å². The van der Waals surface area contributed by atoms with Crippen molar-refractivity contribution in [1.82, 2.24) is 19.8 Å². The number of anilines is 1. The molecule has 3 rings (SSSR count).